The van der Waals surface area contributed by atoms with E-state index in [9.17, 15) is 14.4 Å². The summed E-state index contributed by atoms with van der Waals surface area (Å²) in [5.74, 6) is -0.842. The lowest BCUT2D eigenvalue weighted by molar-refractivity contribution is -0.200. The van der Waals surface area contributed by atoms with Crippen LogP contribution in [0.15, 0.2) is 72.8 Å². The lowest BCUT2D eigenvalue weighted by Gasteiger charge is -2.51. The molecule has 2 amide bonds. The van der Waals surface area contributed by atoms with Crippen LogP contribution in [0.3, 0.4) is 0 Å². The molecule has 2 saturated heterocycles. The predicted molar refractivity (Wildman–Crippen MR) is 166 cm³/mol. The number of benzene rings is 3. The molecule has 238 valence electrons. The van der Waals surface area contributed by atoms with Gasteiger partial charge in [0, 0.05) is 12.1 Å². The predicted octanol–water partition coefficient (Wildman–Crippen LogP) is 4.64. The molecule has 2 aliphatic heterocycles. The van der Waals surface area contributed by atoms with Crippen molar-refractivity contribution in [2.75, 3.05) is 27.9 Å². The van der Waals surface area contributed by atoms with Gasteiger partial charge in [-0.2, -0.15) is 0 Å². The molecule has 45 heavy (non-hydrogen) atoms. The number of Topliss-reactive ketones (excluding diaryl/α,β-unsaturated/α-hetero) is 1. The summed E-state index contributed by atoms with van der Waals surface area (Å²) in [6.07, 6.45) is 1.19. The van der Waals surface area contributed by atoms with Crippen LogP contribution in [0, 0.1) is 0 Å². The van der Waals surface area contributed by atoms with Gasteiger partial charge in [-0.15, -0.1) is 0 Å². The van der Waals surface area contributed by atoms with Crippen LogP contribution in [0.4, 0.5) is 0 Å². The molecule has 10 nitrogen and oxygen atoms in total. The molecule has 0 aromatic heterocycles. The van der Waals surface area contributed by atoms with Crippen molar-refractivity contribution in [2.45, 2.75) is 63.8 Å². The van der Waals surface area contributed by atoms with Gasteiger partial charge in [0.1, 0.15) is 6.04 Å². The number of hydrogen-bond acceptors (Lipinski definition) is 8. The maximum atomic E-state index is 14.0. The third-order valence-corrected chi connectivity index (χ3v) is 8.48. The molecule has 3 aromatic rings. The number of carbonyl (C=O) groups is 3. The second-order valence-corrected chi connectivity index (χ2v) is 11.2. The molecule has 0 N–H and O–H groups in total. The second kappa shape index (κ2) is 14.6. The van der Waals surface area contributed by atoms with Crippen LogP contribution in [-0.4, -0.2) is 79.7 Å². The van der Waals surface area contributed by atoms with Crippen molar-refractivity contribution >= 4 is 17.6 Å². The van der Waals surface area contributed by atoms with Gasteiger partial charge in [0.15, 0.2) is 17.8 Å². The van der Waals surface area contributed by atoms with E-state index in [2.05, 4.69) is 0 Å². The number of hydrogen-bond donors (Lipinski definition) is 0. The molecule has 3 aromatic carbocycles. The van der Waals surface area contributed by atoms with E-state index in [1.165, 1.54) is 38.4 Å². The Morgan fingerprint density at radius 2 is 1.38 bits per heavy atom. The monoisotopic (exact) mass is 616 g/mol. The zero-order valence-electron chi connectivity index (χ0n) is 26.1. The van der Waals surface area contributed by atoms with Crippen LogP contribution in [0.2, 0.25) is 0 Å². The van der Waals surface area contributed by atoms with Gasteiger partial charge in [0.25, 0.3) is 11.7 Å². The van der Waals surface area contributed by atoms with E-state index in [0.29, 0.717) is 31.8 Å². The number of methoxy groups -OCH3 is 3. The fourth-order valence-electron chi connectivity index (χ4n) is 6.12. The van der Waals surface area contributed by atoms with E-state index in [0.717, 1.165) is 17.5 Å². The Kier molecular flexibility index (Phi) is 10.4. The smallest absolute Gasteiger partial charge is 0.295 e. The van der Waals surface area contributed by atoms with Crippen molar-refractivity contribution in [3.63, 3.8) is 0 Å². The first-order valence-electron chi connectivity index (χ1n) is 15.1. The summed E-state index contributed by atoms with van der Waals surface area (Å²) in [5, 5.41) is 0. The van der Waals surface area contributed by atoms with Crippen molar-refractivity contribution in [1.82, 2.24) is 9.80 Å². The van der Waals surface area contributed by atoms with Crippen LogP contribution in [0.1, 0.15) is 47.7 Å². The number of piperazine rings is 1. The van der Waals surface area contributed by atoms with E-state index in [1.807, 2.05) is 67.6 Å². The van der Waals surface area contributed by atoms with E-state index in [-0.39, 0.29) is 35.6 Å². The molecule has 2 bridgehead atoms. The lowest BCUT2D eigenvalue weighted by atomic mass is 9.88. The summed E-state index contributed by atoms with van der Waals surface area (Å²) in [5.41, 5.74) is 2.07. The number of fused-ring (bicyclic) bond motifs is 2. The van der Waals surface area contributed by atoms with Gasteiger partial charge in [-0.3, -0.25) is 14.4 Å². The van der Waals surface area contributed by atoms with Crippen molar-refractivity contribution in [3.05, 3.63) is 89.5 Å². The highest BCUT2D eigenvalue weighted by Gasteiger charge is 2.49. The van der Waals surface area contributed by atoms with E-state index in [1.54, 1.807) is 4.90 Å². The van der Waals surface area contributed by atoms with Gasteiger partial charge in [-0.25, -0.2) is 0 Å². The summed E-state index contributed by atoms with van der Waals surface area (Å²) in [4.78, 5) is 44.6. The molecule has 0 aliphatic carbocycles. The minimum absolute atomic E-state index is 0.0968. The molecule has 3 atom stereocenters. The summed E-state index contributed by atoms with van der Waals surface area (Å²) in [6.45, 7) is 2.80. The summed E-state index contributed by atoms with van der Waals surface area (Å²) in [7, 11) is 4.35. The van der Waals surface area contributed by atoms with Gasteiger partial charge in [0.05, 0.1) is 46.6 Å². The standard InChI is InChI=1S/C35H40N2O8/c1-23(35(44-21-24-12-7-5-8-13-24)45-22-25-14-9-6-10-15-25)36-20-27-16-11-17-28(33(36)39)37(27)34(40)31(38)26-18-29(41-2)32(43-4)30(19-26)42-3/h5-10,12-15,18-19,23,27-28,35H,11,16-17,20-22H2,1-4H3/t23-,27?,28?/m1/s1. The molecule has 5 rings (SSSR count). The average molecular weight is 617 g/mol. The molecular weight excluding hydrogens is 576 g/mol. The number of rotatable bonds is 13. The number of carbonyl (C=O) groups excluding carboxylic acids is 3. The number of nitrogens with zero attached hydrogens (tertiary/aromatic N) is 2. The highest BCUT2D eigenvalue weighted by molar-refractivity contribution is 6.43. The summed E-state index contributed by atoms with van der Waals surface area (Å²) in [6, 6.07) is 21.0. The van der Waals surface area contributed by atoms with E-state index < -0.39 is 30.1 Å². The van der Waals surface area contributed by atoms with E-state index >= 15 is 0 Å². The Balaban J connectivity index is 1.35. The molecule has 2 fully saturated rings. The third kappa shape index (κ3) is 6.97. The number of piperidine rings is 1. The summed E-state index contributed by atoms with van der Waals surface area (Å²) < 4.78 is 28.7. The fourth-order valence-corrected chi connectivity index (χ4v) is 6.12. The minimum atomic E-state index is -0.762. The van der Waals surface area contributed by atoms with Crippen molar-refractivity contribution in [2.24, 2.45) is 0 Å². The molecule has 2 heterocycles. The van der Waals surface area contributed by atoms with Gasteiger partial charge in [-0.1, -0.05) is 60.7 Å². The van der Waals surface area contributed by atoms with Crippen molar-refractivity contribution in [3.8, 4) is 17.2 Å². The quantitative estimate of drug-likeness (QED) is 0.156. The third-order valence-electron chi connectivity index (χ3n) is 8.48. The Morgan fingerprint density at radius 1 is 0.822 bits per heavy atom. The zero-order valence-corrected chi connectivity index (χ0v) is 26.1. The summed E-state index contributed by atoms with van der Waals surface area (Å²) >= 11 is 0. The van der Waals surface area contributed by atoms with Crippen LogP contribution >= 0.6 is 0 Å². The average Bonchev–Trinajstić information content (AvgIpc) is 3.08. The highest BCUT2D eigenvalue weighted by Crippen LogP contribution is 2.39. The Hall–Kier alpha value is -4.41. The first-order chi connectivity index (χ1) is 21.9. The van der Waals surface area contributed by atoms with Crippen LogP contribution in [0.5, 0.6) is 17.2 Å². The number of amides is 2. The molecule has 0 saturated carbocycles. The van der Waals surface area contributed by atoms with Gasteiger partial charge in [0.2, 0.25) is 11.7 Å². The van der Waals surface area contributed by atoms with Crippen LogP contribution in [0.25, 0.3) is 0 Å². The first-order valence-corrected chi connectivity index (χ1v) is 15.1. The molecule has 2 aliphatic rings. The fraction of sp³-hybridized carbons (Fsp3) is 0.400. The molecular formula is C35H40N2O8. The number of likely N-dealkylation sites (tertiary alicyclic amines) is 1. The second-order valence-electron chi connectivity index (χ2n) is 11.2. The lowest BCUT2D eigenvalue weighted by Crippen LogP contribution is -2.68. The normalized spacial score (nSPS) is 18.5. The number of ether oxygens (including phenoxy) is 5. The topological polar surface area (TPSA) is 104 Å². The highest BCUT2D eigenvalue weighted by atomic mass is 16.7. The van der Waals surface area contributed by atoms with Crippen molar-refractivity contribution < 1.29 is 38.1 Å². The van der Waals surface area contributed by atoms with Gasteiger partial charge in [-0.05, 0) is 49.4 Å². The SMILES string of the molecule is COc1cc(C(=O)C(=O)N2C3CCCC2C(=O)N([C@H](C)C(OCc2ccccc2)OCc2ccccc2)C3)cc(OC)c1OC. The van der Waals surface area contributed by atoms with Crippen LogP contribution < -0.4 is 14.2 Å². The molecule has 2 unspecified atom stereocenters. The molecule has 10 heteroatoms. The zero-order chi connectivity index (χ0) is 31.9. The Labute approximate surface area is 263 Å². The Bertz CT molecular complexity index is 1410. The van der Waals surface area contributed by atoms with Crippen LogP contribution in [-0.2, 0) is 32.3 Å². The maximum Gasteiger partial charge on any atom is 0.295 e. The first kappa shape index (κ1) is 32.0. The largest absolute Gasteiger partial charge is 0.493 e. The molecule has 0 radical (unpaired) electrons. The van der Waals surface area contributed by atoms with E-state index in [4.69, 9.17) is 23.7 Å². The molecule has 0 spiro atoms. The van der Waals surface area contributed by atoms with Gasteiger partial charge < -0.3 is 33.5 Å². The Morgan fingerprint density at radius 3 is 1.89 bits per heavy atom. The number of ketones is 1. The van der Waals surface area contributed by atoms with Crippen molar-refractivity contribution in [1.29, 1.82) is 0 Å². The maximum absolute atomic E-state index is 14.0. The van der Waals surface area contributed by atoms with Gasteiger partial charge >= 0.3 is 0 Å². The minimum Gasteiger partial charge on any atom is -0.493 e.